The van der Waals surface area contributed by atoms with E-state index in [9.17, 15) is 4.79 Å². The van der Waals surface area contributed by atoms with E-state index in [0.717, 1.165) is 0 Å². The van der Waals surface area contributed by atoms with Crippen LogP contribution in [0.5, 0.6) is 0 Å². The summed E-state index contributed by atoms with van der Waals surface area (Å²) in [6, 6.07) is 0. The molecule has 0 bridgehead atoms. The molecular formula is C4H6O2S. The van der Waals surface area contributed by atoms with Gasteiger partial charge in [0.25, 0.3) is 0 Å². The molecule has 0 aliphatic carbocycles. The fourth-order valence-electron chi connectivity index (χ4n) is 0.445. The van der Waals surface area contributed by atoms with Crippen LogP contribution in [0.15, 0.2) is 0 Å². The summed E-state index contributed by atoms with van der Waals surface area (Å²) in [5.74, 6) is -0.669. The molecule has 2 atom stereocenters. The third-order valence-electron chi connectivity index (χ3n) is 0.954. The Morgan fingerprint density at radius 3 is 2.29 bits per heavy atom. The van der Waals surface area contributed by atoms with Crippen LogP contribution >= 0.6 is 11.8 Å². The molecule has 0 saturated carbocycles. The highest BCUT2D eigenvalue weighted by atomic mass is 32.2. The largest absolute Gasteiger partial charge is 0.480 e. The molecule has 0 amide bonds. The number of hydrogen-bond acceptors (Lipinski definition) is 2. The van der Waals surface area contributed by atoms with Gasteiger partial charge >= 0.3 is 5.97 Å². The van der Waals surface area contributed by atoms with Crippen molar-refractivity contribution in [3.05, 3.63) is 0 Å². The van der Waals surface area contributed by atoms with Gasteiger partial charge in [-0.2, -0.15) is 0 Å². The van der Waals surface area contributed by atoms with Gasteiger partial charge in [-0.1, -0.05) is 6.92 Å². The van der Waals surface area contributed by atoms with Gasteiger partial charge < -0.3 is 5.11 Å². The zero-order valence-electron chi connectivity index (χ0n) is 3.92. The highest BCUT2D eigenvalue weighted by molar-refractivity contribution is 8.08. The van der Waals surface area contributed by atoms with Crippen molar-refractivity contribution in [2.75, 3.05) is 0 Å². The molecule has 1 heterocycles. The zero-order chi connectivity index (χ0) is 5.44. The number of carboxylic acids is 1. The number of rotatable bonds is 1. The van der Waals surface area contributed by atoms with E-state index in [1.165, 1.54) is 11.8 Å². The van der Waals surface area contributed by atoms with Crippen LogP contribution in [0.25, 0.3) is 0 Å². The smallest absolute Gasteiger partial charge is 0.317 e. The monoisotopic (exact) mass is 118 g/mol. The molecule has 1 fully saturated rings. The van der Waals surface area contributed by atoms with Crippen LogP contribution in [0.1, 0.15) is 6.92 Å². The summed E-state index contributed by atoms with van der Waals surface area (Å²) in [5.41, 5.74) is 0. The lowest BCUT2D eigenvalue weighted by Gasteiger charge is -1.77. The second-order valence-electron chi connectivity index (χ2n) is 1.60. The van der Waals surface area contributed by atoms with Crippen molar-refractivity contribution in [3.63, 3.8) is 0 Å². The average Bonchev–Trinajstić information content (AvgIpc) is 2.17. The van der Waals surface area contributed by atoms with Crippen molar-refractivity contribution < 1.29 is 9.90 Å². The van der Waals surface area contributed by atoms with Gasteiger partial charge in [-0.15, -0.1) is 11.8 Å². The normalized spacial score (nSPS) is 37.9. The summed E-state index contributed by atoms with van der Waals surface area (Å²) in [5, 5.41) is 8.46. The van der Waals surface area contributed by atoms with E-state index < -0.39 is 5.97 Å². The summed E-state index contributed by atoms with van der Waals surface area (Å²) in [7, 11) is 0. The highest BCUT2D eigenvalue weighted by Crippen LogP contribution is 2.40. The molecule has 1 N–H and O–H groups in total. The Balaban J connectivity index is 2.33. The van der Waals surface area contributed by atoms with Gasteiger partial charge in [0.15, 0.2) is 0 Å². The fourth-order valence-corrected chi connectivity index (χ4v) is 1.05. The van der Waals surface area contributed by atoms with Gasteiger partial charge in [0, 0.05) is 5.25 Å². The number of hydrogen-bond donors (Lipinski definition) is 1. The molecule has 0 unspecified atom stereocenters. The minimum absolute atomic E-state index is 0.0972. The van der Waals surface area contributed by atoms with Crippen molar-refractivity contribution in [2.45, 2.75) is 17.4 Å². The van der Waals surface area contributed by atoms with Crippen molar-refractivity contribution in [2.24, 2.45) is 0 Å². The zero-order valence-corrected chi connectivity index (χ0v) is 4.73. The quantitative estimate of drug-likeness (QED) is 0.511. The first-order chi connectivity index (χ1) is 3.22. The fraction of sp³-hybridized carbons (Fsp3) is 0.750. The summed E-state index contributed by atoms with van der Waals surface area (Å²) >= 11 is 1.50. The molecule has 0 aromatic heterocycles. The topological polar surface area (TPSA) is 37.3 Å². The first kappa shape index (κ1) is 4.97. The Labute approximate surface area is 45.9 Å². The molecule has 0 aromatic carbocycles. The van der Waals surface area contributed by atoms with Crippen LogP contribution in [0.3, 0.4) is 0 Å². The third kappa shape index (κ3) is 0.881. The first-order valence-electron chi connectivity index (χ1n) is 2.10. The number of aliphatic carboxylic acids is 1. The minimum atomic E-state index is -0.669. The van der Waals surface area contributed by atoms with E-state index in [4.69, 9.17) is 5.11 Å². The molecule has 40 valence electrons. The molecule has 1 aliphatic heterocycles. The first-order valence-corrected chi connectivity index (χ1v) is 3.04. The molecule has 7 heavy (non-hydrogen) atoms. The lowest BCUT2D eigenvalue weighted by atomic mass is 10.4. The van der Waals surface area contributed by atoms with Crippen LogP contribution in [0.2, 0.25) is 0 Å². The predicted molar refractivity (Wildman–Crippen MR) is 28.5 cm³/mol. The van der Waals surface area contributed by atoms with E-state index in [1.807, 2.05) is 6.92 Å². The van der Waals surface area contributed by atoms with Crippen molar-refractivity contribution in [1.29, 1.82) is 0 Å². The summed E-state index contributed by atoms with van der Waals surface area (Å²) < 4.78 is 0. The molecule has 1 rings (SSSR count). The lowest BCUT2D eigenvalue weighted by molar-refractivity contribution is -0.135. The van der Waals surface area contributed by atoms with Gasteiger partial charge in [0.05, 0.1) is 0 Å². The average molecular weight is 118 g/mol. The van der Waals surface area contributed by atoms with Crippen LogP contribution in [-0.4, -0.2) is 21.6 Å². The Bertz CT molecular complexity index is 102. The molecule has 0 radical (unpaired) electrons. The number of carbonyl (C=O) groups is 1. The highest BCUT2D eigenvalue weighted by Gasteiger charge is 2.40. The number of thioether (sulfide) groups is 1. The van der Waals surface area contributed by atoms with Gasteiger partial charge in [0.2, 0.25) is 0 Å². The van der Waals surface area contributed by atoms with Crippen molar-refractivity contribution in [3.8, 4) is 0 Å². The minimum Gasteiger partial charge on any atom is -0.480 e. The SMILES string of the molecule is C[C@@H]1S[C@H]1C(=O)O. The summed E-state index contributed by atoms with van der Waals surface area (Å²) in [6.07, 6.45) is 0. The van der Waals surface area contributed by atoms with E-state index in [-0.39, 0.29) is 5.25 Å². The maximum Gasteiger partial charge on any atom is 0.317 e. The standard InChI is InChI=1S/C4H6O2S/c1-2-3(7-2)4(5)6/h2-3H,1H3,(H,5,6)/t2-,3+/m0/s1. The van der Waals surface area contributed by atoms with Gasteiger partial charge in [-0.05, 0) is 0 Å². The third-order valence-corrected chi connectivity index (χ3v) is 2.24. The molecule has 0 spiro atoms. The van der Waals surface area contributed by atoms with Gasteiger partial charge in [0.1, 0.15) is 5.25 Å². The summed E-state index contributed by atoms with van der Waals surface area (Å²) in [6.45, 7) is 1.92. The number of carboxylic acid groups (broad SMARTS) is 1. The van der Waals surface area contributed by atoms with Crippen LogP contribution in [0.4, 0.5) is 0 Å². The van der Waals surface area contributed by atoms with Gasteiger partial charge in [-0.25, -0.2) is 0 Å². The maximum absolute atomic E-state index is 9.95. The van der Waals surface area contributed by atoms with E-state index in [1.54, 1.807) is 0 Å². The second kappa shape index (κ2) is 1.40. The van der Waals surface area contributed by atoms with E-state index >= 15 is 0 Å². The van der Waals surface area contributed by atoms with Crippen LogP contribution in [-0.2, 0) is 4.79 Å². The Morgan fingerprint density at radius 2 is 2.29 bits per heavy atom. The Morgan fingerprint density at radius 1 is 1.86 bits per heavy atom. The molecule has 1 aliphatic rings. The maximum atomic E-state index is 9.95. The van der Waals surface area contributed by atoms with Crippen LogP contribution in [0, 0.1) is 0 Å². The molecule has 2 nitrogen and oxygen atoms in total. The van der Waals surface area contributed by atoms with Gasteiger partial charge in [-0.3, -0.25) is 4.79 Å². The van der Waals surface area contributed by atoms with E-state index in [0.29, 0.717) is 5.25 Å². The molecular weight excluding hydrogens is 112 g/mol. The molecule has 1 saturated heterocycles. The Kier molecular flexibility index (Phi) is 0.995. The predicted octanol–water partition coefficient (Wildman–Crippen LogP) is 0.575. The lowest BCUT2D eigenvalue weighted by Crippen LogP contribution is -2.04. The summed E-state index contributed by atoms with van der Waals surface area (Å²) in [4.78, 5) is 9.95. The van der Waals surface area contributed by atoms with Crippen molar-refractivity contribution in [1.82, 2.24) is 0 Å². The molecule has 0 aromatic rings. The van der Waals surface area contributed by atoms with Crippen LogP contribution < -0.4 is 0 Å². The molecule has 3 heteroatoms. The second-order valence-corrected chi connectivity index (χ2v) is 3.12. The van der Waals surface area contributed by atoms with Crippen molar-refractivity contribution >= 4 is 17.7 Å². The van der Waals surface area contributed by atoms with E-state index in [2.05, 4.69) is 0 Å². The Hall–Kier alpha value is -0.180.